The molecule has 1 atom stereocenters. The van der Waals surface area contributed by atoms with Crippen LogP contribution in [0.3, 0.4) is 0 Å². The average molecular weight is 376 g/mol. The number of anilines is 1. The van der Waals surface area contributed by atoms with Crippen LogP contribution in [0.4, 0.5) is 5.69 Å². The zero-order valence-electron chi connectivity index (χ0n) is 14.5. The second-order valence-electron chi connectivity index (χ2n) is 5.74. The van der Waals surface area contributed by atoms with E-state index in [0.717, 1.165) is 15.7 Å². The Morgan fingerprint density at radius 1 is 1.36 bits per heavy atom. The molecule has 0 saturated heterocycles. The molecule has 0 aliphatic rings. The lowest BCUT2D eigenvalue weighted by Gasteiger charge is -2.13. The monoisotopic (exact) mass is 375 g/mol. The molecule has 0 bridgehead atoms. The van der Waals surface area contributed by atoms with E-state index < -0.39 is 0 Å². The summed E-state index contributed by atoms with van der Waals surface area (Å²) >= 11 is 2.95. The molecule has 1 heterocycles. The molecule has 132 valence electrons. The summed E-state index contributed by atoms with van der Waals surface area (Å²) in [6, 6.07) is 10.1. The molecule has 0 spiro atoms. The van der Waals surface area contributed by atoms with E-state index in [1.807, 2.05) is 49.6 Å². The molecular weight excluding hydrogens is 354 g/mol. The van der Waals surface area contributed by atoms with Gasteiger partial charge in [0.1, 0.15) is 6.33 Å². The van der Waals surface area contributed by atoms with E-state index in [4.69, 9.17) is 5.26 Å². The van der Waals surface area contributed by atoms with Gasteiger partial charge in [-0.25, -0.2) is 0 Å². The van der Waals surface area contributed by atoms with E-state index in [1.165, 1.54) is 11.8 Å². The van der Waals surface area contributed by atoms with Gasteiger partial charge in [0.15, 0.2) is 5.16 Å². The summed E-state index contributed by atoms with van der Waals surface area (Å²) in [6.07, 6.45) is 2.14. The highest BCUT2D eigenvalue weighted by molar-refractivity contribution is 8.00. The summed E-state index contributed by atoms with van der Waals surface area (Å²) in [5, 5.41) is 20.6. The van der Waals surface area contributed by atoms with Gasteiger partial charge in [-0.1, -0.05) is 30.8 Å². The Bertz CT molecular complexity index is 753. The molecule has 1 aromatic carbocycles. The van der Waals surface area contributed by atoms with Crippen molar-refractivity contribution >= 4 is 35.1 Å². The van der Waals surface area contributed by atoms with Crippen LogP contribution in [0.15, 0.2) is 40.6 Å². The van der Waals surface area contributed by atoms with Crippen LogP contribution < -0.4 is 5.32 Å². The highest BCUT2D eigenvalue weighted by atomic mass is 32.2. The first kappa shape index (κ1) is 19.3. The molecule has 0 aliphatic heterocycles. The van der Waals surface area contributed by atoms with Gasteiger partial charge in [0.2, 0.25) is 5.91 Å². The van der Waals surface area contributed by atoms with Crippen LogP contribution in [0.1, 0.15) is 33.2 Å². The van der Waals surface area contributed by atoms with Gasteiger partial charge >= 0.3 is 0 Å². The first-order valence-electron chi connectivity index (χ1n) is 7.96. The summed E-state index contributed by atoms with van der Waals surface area (Å²) in [6.45, 7) is 6.09. The number of para-hydroxylation sites is 1. The maximum Gasteiger partial charge on any atom is 0.234 e. The number of thioether (sulfide) groups is 2. The third kappa shape index (κ3) is 5.80. The number of aromatic nitrogens is 3. The minimum atomic E-state index is -0.0932. The fourth-order valence-corrected chi connectivity index (χ4v) is 3.90. The zero-order chi connectivity index (χ0) is 18.2. The molecule has 1 N–H and O–H groups in total. The Hall–Kier alpha value is -1.98. The van der Waals surface area contributed by atoms with E-state index in [0.29, 0.717) is 6.42 Å². The molecule has 1 amide bonds. The van der Waals surface area contributed by atoms with Gasteiger partial charge in [-0.3, -0.25) is 4.79 Å². The molecule has 0 saturated carbocycles. The van der Waals surface area contributed by atoms with Crippen LogP contribution in [0.25, 0.3) is 0 Å². The topological polar surface area (TPSA) is 83.6 Å². The van der Waals surface area contributed by atoms with Crippen LogP contribution in [-0.4, -0.2) is 31.7 Å². The van der Waals surface area contributed by atoms with E-state index >= 15 is 0 Å². The van der Waals surface area contributed by atoms with Crippen molar-refractivity contribution < 1.29 is 4.79 Å². The van der Waals surface area contributed by atoms with E-state index in [2.05, 4.69) is 21.6 Å². The lowest BCUT2D eigenvalue weighted by Crippen LogP contribution is -2.15. The van der Waals surface area contributed by atoms with Crippen LogP contribution >= 0.6 is 23.5 Å². The van der Waals surface area contributed by atoms with E-state index in [9.17, 15) is 4.79 Å². The van der Waals surface area contributed by atoms with Crippen LogP contribution in [0, 0.1) is 11.3 Å². The third-order valence-electron chi connectivity index (χ3n) is 3.30. The normalized spacial score (nSPS) is 12.0. The number of nitriles is 1. The van der Waals surface area contributed by atoms with Crippen molar-refractivity contribution in [1.82, 2.24) is 14.8 Å². The first-order valence-corrected chi connectivity index (χ1v) is 9.82. The van der Waals surface area contributed by atoms with Crippen LogP contribution in [0.5, 0.6) is 0 Å². The number of amides is 1. The van der Waals surface area contributed by atoms with Crippen molar-refractivity contribution in [1.29, 1.82) is 5.26 Å². The van der Waals surface area contributed by atoms with E-state index in [1.54, 1.807) is 18.1 Å². The number of hydrogen-bond donors (Lipinski definition) is 1. The lowest BCUT2D eigenvalue weighted by atomic mass is 10.3. The van der Waals surface area contributed by atoms with E-state index in [-0.39, 0.29) is 23.0 Å². The Labute approximate surface area is 156 Å². The summed E-state index contributed by atoms with van der Waals surface area (Å²) in [5.74, 6) is 0.169. The Kier molecular flexibility index (Phi) is 7.34. The van der Waals surface area contributed by atoms with Crippen molar-refractivity contribution in [3.63, 3.8) is 0 Å². The zero-order valence-corrected chi connectivity index (χ0v) is 16.1. The smallest absolute Gasteiger partial charge is 0.234 e. The highest BCUT2D eigenvalue weighted by Crippen LogP contribution is 2.31. The fraction of sp³-hybridized carbons (Fsp3) is 0.412. The Balaban J connectivity index is 1.96. The third-order valence-corrected chi connectivity index (χ3v) is 5.43. The minimum Gasteiger partial charge on any atom is -0.324 e. The van der Waals surface area contributed by atoms with Gasteiger partial charge in [-0.15, -0.1) is 22.0 Å². The SMILES string of the molecule is CC(CC#N)Sc1ccccc1NC(=O)CSc1nncn1C(C)C. The van der Waals surface area contributed by atoms with Crippen LogP contribution in [0.2, 0.25) is 0 Å². The highest BCUT2D eigenvalue weighted by Gasteiger charge is 2.13. The summed E-state index contributed by atoms with van der Waals surface area (Å²) in [4.78, 5) is 13.3. The molecule has 0 aliphatic carbocycles. The lowest BCUT2D eigenvalue weighted by molar-refractivity contribution is -0.113. The van der Waals surface area contributed by atoms with Crippen molar-refractivity contribution in [3.8, 4) is 6.07 Å². The second kappa shape index (κ2) is 9.49. The molecule has 1 unspecified atom stereocenters. The van der Waals surface area contributed by atoms with Crippen molar-refractivity contribution in [2.45, 2.75) is 48.5 Å². The summed E-state index contributed by atoms with van der Waals surface area (Å²) in [5.41, 5.74) is 0.771. The van der Waals surface area contributed by atoms with Gasteiger partial charge < -0.3 is 9.88 Å². The first-order chi connectivity index (χ1) is 12.0. The van der Waals surface area contributed by atoms with Gasteiger partial charge in [-0.2, -0.15) is 5.26 Å². The molecule has 6 nitrogen and oxygen atoms in total. The number of hydrogen-bond acceptors (Lipinski definition) is 6. The molecule has 8 heteroatoms. The maximum absolute atomic E-state index is 12.3. The summed E-state index contributed by atoms with van der Waals surface area (Å²) < 4.78 is 1.94. The number of carbonyl (C=O) groups is 1. The van der Waals surface area contributed by atoms with Gasteiger partial charge in [-0.05, 0) is 26.0 Å². The predicted octanol–water partition coefficient (Wildman–Crippen LogP) is 3.98. The number of rotatable bonds is 8. The minimum absolute atomic E-state index is 0.0932. The second-order valence-corrected chi connectivity index (χ2v) is 8.16. The maximum atomic E-state index is 12.3. The standard InChI is InChI=1S/C17H21N5OS2/c1-12(2)22-11-19-21-17(22)24-10-16(23)20-14-6-4-5-7-15(14)25-13(3)8-9-18/h4-7,11-13H,8,10H2,1-3H3,(H,20,23). The van der Waals surface area contributed by atoms with Gasteiger partial charge in [0, 0.05) is 22.6 Å². The quantitative estimate of drug-likeness (QED) is 0.703. The molecular formula is C17H21N5OS2. The van der Waals surface area contributed by atoms with Crippen molar-refractivity contribution in [3.05, 3.63) is 30.6 Å². The number of benzene rings is 1. The molecule has 0 radical (unpaired) electrons. The fourth-order valence-electron chi connectivity index (χ4n) is 2.07. The molecule has 0 fully saturated rings. The number of nitrogens with one attached hydrogen (secondary N) is 1. The number of nitrogens with zero attached hydrogens (tertiary/aromatic N) is 4. The molecule has 25 heavy (non-hydrogen) atoms. The molecule has 2 aromatic rings. The largest absolute Gasteiger partial charge is 0.324 e. The Morgan fingerprint density at radius 2 is 2.12 bits per heavy atom. The van der Waals surface area contributed by atoms with Crippen molar-refractivity contribution in [2.75, 3.05) is 11.1 Å². The molecule has 2 rings (SSSR count). The molecule has 1 aromatic heterocycles. The average Bonchev–Trinajstić information content (AvgIpc) is 3.04. The van der Waals surface area contributed by atoms with Gasteiger partial charge in [0.25, 0.3) is 0 Å². The predicted molar refractivity (Wildman–Crippen MR) is 102 cm³/mol. The summed E-state index contributed by atoms with van der Waals surface area (Å²) in [7, 11) is 0. The van der Waals surface area contributed by atoms with Gasteiger partial charge in [0.05, 0.1) is 17.5 Å². The number of carbonyl (C=O) groups excluding carboxylic acids is 1. The Morgan fingerprint density at radius 3 is 2.84 bits per heavy atom. The van der Waals surface area contributed by atoms with Crippen LogP contribution in [-0.2, 0) is 4.79 Å². The van der Waals surface area contributed by atoms with Crippen molar-refractivity contribution in [2.24, 2.45) is 0 Å².